The molecule has 0 radical (unpaired) electrons. The molecule has 2 aliphatic rings. The van der Waals surface area contributed by atoms with Gasteiger partial charge in [-0.1, -0.05) is 78.3 Å². The van der Waals surface area contributed by atoms with Gasteiger partial charge in [-0.05, 0) is 65.2 Å². The molecule has 164 valence electrons. The number of aromatic nitrogens is 1. The predicted molar refractivity (Wildman–Crippen MR) is 131 cm³/mol. The first-order valence-electron chi connectivity index (χ1n) is 11.9. The molecule has 2 heteroatoms. The van der Waals surface area contributed by atoms with Crippen molar-refractivity contribution >= 4 is 16.3 Å². The number of rotatable bonds is 5. The van der Waals surface area contributed by atoms with Crippen molar-refractivity contribution in [2.45, 2.75) is 73.1 Å². The second-order valence-electron chi connectivity index (χ2n) is 10.3. The topological polar surface area (TPSA) is 12.9 Å². The van der Waals surface area contributed by atoms with Crippen LogP contribution in [0.4, 0.5) is 4.39 Å². The molecule has 4 rings (SSSR count). The highest BCUT2D eigenvalue weighted by Gasteiger charge is 2.47. The number of fused-ring (bicyclic) bond motifs is 1. The monoisotopic (exact) mass is 417 g/mol. The van der Waals surface area contributed by atoms with Crippen molar-refractivity contribution < 1.29 is 4.39 Å². The van der Waals surface area contributed by atoms with Crippen molar-refractivity contribution in [2.75, 3.05) is 0 Å². The van der Waals surface area contributed by atoms with Gasteiger partial charge in [0.25, 0.3) is 0 Å². The lowest BCUT2D eigenvalue weighted by Gasteiger charge is -2.47. The number of pyridine rings is 1. The Bertz CT molecular complexity index is 1120. The van der Waals surface area contributed by atoms with Crippen molar-refractivity contribution in [3.05, 3.63) is 70.8 Å². The van der Waals surface area contributed by atoms with Gasteiger partial charge < -0.3 is 0 Å². The van der Waals surface area contributed by atoms with Crippen LogP contribution in [0.25, 0.3) is 16.3 Å². The van der Waals surface area contributed by atoms with Gasteiger partial charge in [0.05, 0.1) is 5.69 Å². The van der Waals surface area contributed by atoms with E-state index >= 15 is 4.39 Å². The summed E-state index contributed by atoms with van der Waals surface area (Å²) in [6.45, 7) is 15.6. The zero-order valence-corrected chi connectivity index (χ0v) is 20.1. The van der Waals surface area contributed by atoms with Crippen LogP contribution in [-0.4, -0.2) is 4.98 Å². The number of hydrogen-bond donors (Lipinski definition) is 0. The van der Waals surface area contributed by atoms with E-state index in [4.69, 9.17) is 4.98 Å². The van der Waals surface area contributed by atoms with Crippen LogP contribution in [0.2, 0.25) is 0 Å². The Labute approximate surface area is 187 Å². The highest BCUT2D eigenvalue weighted by atomic mass is 19.1. The van der Waals surface area contributed by atoms with E-state index in [1.54, 1.807) is 0 Å². The third kappa shape index (κ3) is 3.13. The highest BCUT2D eigenvalue weighted by Crippen LogP contribution is 2.58. The Morgan fingerprint density at radius 3 is 2.71 bits per heavy atom. The molecule has 0 spiro atoms. The molecule has 0 aliphatic heterocycles. The van der Waals surface area contributed by atoms with Gasteiger partial charge >= 0.3 is 0 Å². The molecule has 0 amide bonds. The van der Waals surface area contributed by atoms with Gasteiger partial charge in [-0.15, -0.1) is 0 Å². The summed E-state index contributed by atoms with van der Waals surface area (Å²) in [6.07, 6.45) is 11.3. The van der Waals surface area contributed by atoms with Crippen molar-refractivity contribution in [2.24, 2.45) is 17.3 Å². The molecule has 1 heterocycles. The third-order valence-electron chi connectivity index (χ3n) is 8.19. The molecular weight excluding hydrogens is 381 g/mol. The van der Waals surface area contributed by atoms with Crippen LogP contribution in [0, 0.1) is 24.2 Å². The maximum absolute atomic E-state index is 15.6. The first-order chi connectivity index (χ1) is 14.7. The number of halogens is 1. The van der Waals surface area contributed by atoms with E-state index in [1.165, 1.54) is 21.9 Å². The van der Waals surface area contributed by atoms with Crippen molar-refractivity contribution in [1.29, 1.82) is 0 Å². The fraction of sp³-hybridized carbons (Fsp3) is 0.483. The van der Waals surface area contributed by atoms with Gasteiger partial charge in [0.2, 0.25) is 0 Å². The molecular formula is C29H36FN. The Kier molecular flexibility index (Phi) is 5.48. The molecule has 0 fully saturated rings. The van der Waals surface area contributed by atoms with E-state index < -0.39 is 5.41 Å². The van der Waals surface area contributed by atoms with Crippen LogP contribution in [0.5, 0.6) is 0 Å². The molecule has 0 saturated carbocycles. The van der Waals surface area contributed by atoms with Gasteiger partial charge in [0.1, 0.15) is 5.83 Å². The van der Waals surface area contributed by atoms with Gasteiger partial charge in [-0.25, -0.2) is 4.39 Å². The van der Waals surface area contributed by atoms with Crippen LogP contribution >= 0.6 is 0 Å². The predicted octanol–water partition coefficient (Wildman–Crippen LogP) is 8.48. The fourth-order valence-electron chi connectivity index (χ4n) is 5.95. The quantitative estimate of drug-likeness (QED) is 0.444. The second kappa shape index (κ2) is 7.73. The Morgan fingerprint density at radius 1 is 1.29 bits per heavy atom. The Morgan fingerprint density at radius 2 is 2.03 bits per heavy atom. The van der Waals surface area contributed by atoms with Crippen LogP contribution in [0.1, 0.15) is 77.6 Å². The molecule has 3 unspecified atom stereocenters. The Hall–Kier alpha value is -2.22. The Balaban J connectivity index is 2.08. The minimum atomic E-state index is -0.401. The smallest absolute Gasteiger partial charge is 0.123 e. The summed E-state index contributed by atoms with van der Waals surface area (Å²) < 4.78 is 15.6. The summed E-state index contributed by atoms with van der Waals surface area (Å²) in [5.74, 6) is 0.614. The number of nitrogens with zero attached hydrogens (tertiary/aromatic N) is 1. The lowest BCUT2D eigenvalue weighted by molar-refractivity contribution is 0.197. The number of allylic oxidation sites excluding steroid dienone is 6. The van der Waals surface area contributed by atoms with E-state index in [9.17, 15) is 0 Å². The minimum Gasteiger partial charge on any atom is -0.256 e. The molecule has 31 heavy (non-hydrogen) atoms. The van der Waals surface area contributed by atoms with Crippen molar-refractivity contribution in [1.82, 2.24) is 4.98 Å². The molecule has 0 N–H and O–H groups in total. The fourth-order valence-corrected chi connectivity index (χ4v) is 5.95. The number of aryl methyl sites for hydroxylation is 1. The van der Waals surface area contributed by atoms with E-state index in [-0.39, 0.29) is 17.2 Å². The highest BCUT2D eigenvalue weighted by molar-refractivity contribution is 6.02. The lowest BCUT2D eigenvalue weighted by atomic mass is 9.57. The van der Waals surface area contributed by atoms with Gasteiger partial charge in [0, 0.05) is 22.6 Å². The van der Waals surface area contributed by atoms with E-state index in [2.05, 4.69) is 78.8 Å². The maximum Gasteiger partial charge on any atom is 0.123 e. The average Bonchev–Trinajstić information content (AvgIpc) is 2.76. The lowest BCUT2D eigenvalue weighted by Crippen LogP contribution is -2.38. The molecule has 1 aromatic heterocycles. The largest absolute Gasteiger partial charge is 0.256 e. The van der Waals surface area contributed by atoms with E-state index in [0.717, 1.165) is 36.1 Å². The van der Waals surface area contributed by atoms with Crippen LogP contribution in [-0.2, 0) is 5.41 Å². The molecule has 1 nitrogen and oxygen atoms in total. The van der Waals surface area contributed by atoms with Gasteiger partial charge in [0.15, 0.2) is 0 Å². The summed E-state index contributed by atoms with van der Waals surface area (Å²) in [5, 5.41) is 2.46. The minimum absolute atomic E-state index is 0.0627. The zero-order valence-electron chi connectivity index (χ0n) is 20.1. The van der Waals surface area contributed by atoms with Crippen molar-refractivity contribution in [3.8, 4) is 0 Å². The molecule has 2 aromatic rings. The summed E-state index contributed by atoms with van der Waals surface area (Å²) in [5.41, 5.74) is 4.88. The SMILES string of the molecule is CCC=CC(C)(C(C)CC)C1CC=C(F)C2=C1c1ncc(C)c3cccc(c13)C2(C)C. The molecule has 1 aromatic carbocycles. The van der Waals surface area contributed by atoms with E-state index in [0.29, 0.717) is 5.92 Å². The average molecular weight is 418 g/mol. The normalized spacial score (nSPS) is 23.0. The van der Waals surface area contributed by atoms with Gasteiger partial charge in [-0.2, -0.15) is 0 Å². The summed E-state index contributed by atoms with van der Waals surface area (Å²) in [7, 11) is 0. The molecule has 0 bridgehead atoms. The molecule has 0 saturated heterocycles. The molecule has 3 atom stereocenters. The van der Waals surface area contributed by atoms with Crippen molar-refractivity contribution in [3.63, 3.8) is 0 Å². The summed E-state index contributed by atoms with van der Waals surface area (Å²) in [6, 6.07) is 6.46. The zero-order chi connectivity index (χ0) is 22.6. The van der Waals surface area contributed by atoms with Gasteiger partial charge in [-0.3, -0.25) is 4.98 Å². The standard InChI is InChI=1S/C29H36FN/c1-8-10-16-29(7,19(4)9-2)22-14-15-23(30)26-25(22)27-24-20(18(3)17-31-27)12-11-13-21(24)28(26,5)6/h10-13,15-17,19,22H,8-9,14H2,1-7H3. The first-order valence-corrected chi connectivity index (χ1v) is 11.9. The van der Waals surface area contributed by atoms with Crippen LogP contribution in [0.3, 0.4) is 0 Å². The first kappa shape index (κ1) is 22.0. The molecule has 2 aliphatic carbocycles. The van der Waals surface area contributed by atoms with Crippen LogP contribution in [0.15, 0.2) is 54.0 Å². The van der Waals surface area contributed by atoms with Crippen LogP contribution < -0.4 is 0 Å². The maximum atomic E-state index is 15.6. The number of benzene rings is 1. The number of hydrogen-bond acceptors (Lipinski definition) is 1. The summed E-state index contributed by atoms with van der Waals surface area (Å²) >= 11 is 0. The third-order valence-corrected chi connectivity index (χ3v) is 8.19. The van der Waals surface area contributed by atoms with E-state index in [1.807, 2.05) is 12.3 Å². The second-order valence-corrected chi connectivity index (χ2v) is 10.3. The summed E-state index contributed by atoms with van der Waals surface area (Å²) in [4.78, 5) is 4.97.